The molecule has 0 heterocycles. The first kappa shape index (κ1) is 11.0. The number of nitrogens with one attached hydrogen (secondary N) is 1. The summed E-state index contributed by atoms with van der Waals surface area (Å²) in [6.07, 6.45) is 5.13. The average molecular weight is 224 g/mol. The fourth-order valence-corrected chi connectivity index (χ4v) is 3.02. The first-order chi connectivity index (χ1) is 7.18. The summed E-state index contributed by atoms with van der Waals surface area (Å²) in [6.45, 7) is 2.15. The van der Waals surface area contributed by atoms with Crippen molar-refractivity contribution in [1.29, 1.82) is 0 Å². The van der Waals surface area contributed by atoms with Gasteiger partial charge in [0.05, 0.1) is 0 Å². The molecule has 0 saturated heterocycles. The molecule has 0 bridgehead atoms. The van der Waals surface area contributed by atoms with E-state index in [9.17, 15) is 0 Å². The lowest BCUT2D eigenvalue weighted by molar-refractivity contribution is 0.371. The number of hydrogen-bond donors (Lipinski definition) is 1. The number of aryl methyl sites for hydroxylation is 1. The van der Waals surface area contributed by atoms with Gasteiger partial charge in [0.25, 0.3) is 0 Å². The van der Waals surface area contributed by atoms with Crippen LogP contribution in [0.25, 0.3) is 0 Å². The zero-order valence-corrected chi connectivity index (χ0v) is 10.2. The van der Waals surface area contributed by atoms with E-state index in [1.807, 2.05) is 6.07 Å². The molecule has 0 unspecified atom stereocenters. The summed E-state index contributed by atoms with van der Waals surface area (Å²) in [5, 5.41) is 4.34. The molecule has 0 aliphatic heterocycles. The predicted molar refractivity (Wildman–Crippen MR) is 65.4 cm³/mol. The Balaban J connectivity index is 2.42. The molecule has 82 valence electrons. The van der Waals surface area contributed by atoms with Crippen molar-refractivity contribution >= 4 is 11.6 Å². The van der Waals surface area contributed by atoms with E-state index < -0.39 is 0 Å². The Morgan fingerprint density at radius 1 is 1.27 bits per heavy atom. The molecule has 2 heteroatoms. The molecule has 1 aliphatic carbocycles. The highest BCUT2D eigenvalue weighted by Crippen LogP contribution is 2.40. The smallest absolute Gasteiger partial charge is 0.0434 e. The van der Waals surface area contributed by atoms with Crippen LogP contribution in [-0.2, 0) is 5.54 Å². The summed E-state index contributed by atoms with van der Waals surface area (Å²) in [5.41, 5.74) is 2.93. The maximum atomic E-state index is 5.99. The van der Waals surface area contributed by atoms with Crippen LogP contribution in [0, 0.1) is 6.92 Å². The Bertz CT molecular complexity index is 354. The number of rotatable bonds is 2. The first-order valence-electron chi connectivity index (χ1n) is 5.63. The Morgan fingerprint density at radius 3 is 2.47 bits per heavy atom. The topological polar surface area (TPSA) is 12.0 Å². The normalized spacial score (nSPS) is 19.4. The summed E-state index contributed by atoms with van der Waals surface area (Å²) in [7, 11) is 2.07. The van der Waals surface area contributed by atoms with E-state index in [0.717, 1.165) is 5.02 Å². The van der Waals surface area contributed by atoms with Gasteiger partial charge in [0.15, 0.2) is 0 Å². The standard InChI is InChI=1S/C13H18ClN/c1-10-9-11(14)5-6-12(10)13(15-2)7-3-4-8-13/h5-6,9,15H,3-4,7-8H2,1-2H3. The fraction of sp³-hybridized carbons (Fsp3) is 0.538. The van der Waals surface area contributed by atoms with Crippen molar-refractivity contribution in [3.05, 3.63) is 34.3 Å². The van der Waals surface area contributed by atoms with Gasteiger partial charge in [-0.05, 0) is 50.1 Å². The summed E-state index contributed by atoms with van der Waals surface area (Å²) in [4.78, 5) is 0. The van der Waals surface area contributed by atoms with E-state index in [-0.39, 0.29) is 5.54 Å². The highest BCUT2D eigenvalue weighted by atomic mass is 35.5. The lowest BCUT2D eigenvalue weighted by Crippen LogP contribution is -2.37. The van der Waals surface area contributed by atoms with Crippen LogP contribution in [0.3, 0.4) is 0 Å². The van der Waals surface area contributed by atoms with Gasteiger partial charge in [0.1, 0.15) is 0 Å². The SMILES string of the molecule is CNC1(c2ccc(Cl)cc2C)CCCC1. The van der Waals surface area contributed by atoms with Gasteiger partial charge < -0.3 is 5.32 Å². The molecule has 0 amide bonds. The lowest BCUT2D eigenvalue weighted by Gasteiger charge is -2.31. The van der Waals surface area contributed by atoms with Crippen molar-refractivity contribution in [1.82, 2.24) is 5.32 Å². The minimum atomic E-state index is 0.203. The molecule has 1 aromatic carbocycles. The molecule has 0 aromatic heterocycles. The van der Waals surface area contributed by atoms with E-state index in [4.69, 9.17) is 11.6 Å². The van der Waals surface area contributed by atoms with E-state index in [2.05, 4.69) is 31.4 Å². The van der Waals surface area contributed by atoms with Crippen LogP contribution in [0.4, 0.5) is 0 Å². The Morgan fingerprint density at radius 2 is 1.93 bits per heavy atom. The van der Waals surface area contributed by atoms with Crippen LogP contribution in [0.1, 0.15) is 36.8 Å². The van der Waals surface area contributed by atoms with Crippen LogP contribution < -0.4 is 5.32 Å². The highest BCUT2D eigenvalue weighted by Gasteiger charge is 2.34. The Kier molecular flexibility index (Phi) is 3.03. The van der Waals surface area contributed by atoms with Crippen molar-refractivity contribution < 1.29 is 0 Å². The summed E-state index contributed by atoms with van der Waals surface area (Å²) < 4.78 is 0. The molecule has 2 rings (SSSR count). The molecule has 0 atom stereocenters. The van der Waals surface area contributed by atoms with Crippen molar-refractivity contribution in [2.45, 2.75) is 38.1 Å². The predicted octanol–water partition coefficient (Wildman–Crippen LogP) is 3.64. The third-order valence-electron chi connectivity index (χ3n) is 3.64. The lowest BCUT2D eigenvalue weighted by atomic mass is 9.85. The van der Waals surface area contributed by atoms with Gasteiger partial charge in [-0.15, -0.1) is 0 Å². The quantitative estimate of drug-likeness (QED) is 0.808. The molecule has 0 radical (unpaired) electrons. The molecule has 0 spiro atoms. The van der Waals surface area contributed by atoms with Gasteiger partial charge >= 0.3 is 0 Å². The van der Waals surface area contributed by atoms with Gasteiger partial charge in [-0.3, -0.25) is 0 Å². The van der Waals surface area contributed by atoms with Crippen LogP contribution in [0.2, 0.25) is 5.02 Å². The van der Waals surface area contributed by atoms with Gasteiger partial charge in [-0.1, -0.05) is 30.5 Å². The van der Waals surface area contributed by atoms with Gasteiger partial charge in [0.2, 0.25) is 0 Å². The third kappa shape index (κ3) is 1.91. The molecular weight excluding hydrogens is 206 g/mol. The summed E-state index contributed by atoms with van der Waals surface area (Å²) in [6, 6.07) is 6.25. The zero-order chi connectivity index (χ0) is 10.9. The van der Waals surface area contributed by atoms with Gasteiger partial charge in [-0.2, -0.15) is 0 Å². The fourth-order valence-electron chi connectivity index (χ4n) is 2.80. The first-order valence-corrected chi connectivity index (χ1v) is 6.01. The van der Waals surface area contributed by atoms with Gasteiger partial charge in [-0.25, -0.2) is 0 Å². The van der Waals surface area contributed by atoms with Crippen LogP contribution >= 0.6 is 11.6 Å². The summed E-state index contributed by atoms with van der Waals surface area (Å²) >= 11 is 5.99. The minimum Gasteiger partial charge on any atom is -0.310 e. The molecule has 1 N–H and O–H groups in total. The van der Waals surface area contributed by atoms with E-state index in [1.165, 1.54) is 36.8 Å². The molecule has 15 heavy (non-hydrogen) atoms. The van der Waals surface area contributed by atoms with Crippen molar-refractivity contribution in [3.8, 4) is 0 Å². The second kappa shape index (κ2) is 4.15. The monoisotopic (exact) mass is 223 g/mol. The number of benzene rings is 1. The van der Waals surface area contributed by atoms with Gasteiger partial charge in [0, 0.05) is 10.6 Å². The molecule has 1 saturated carbocycles. The van der Waals surface area contributed by atoms with Crippen LogP contribution in [-0.4, -0.2) is 7.05 Å². The second-order valence-corrected chi connectivity index (χ2v) is 4.93. The Hall–Kier alpha value is -0.530. The Labute approximate surface area is 96.8 Å². The average Bonchev–Trinajstić information content (AvgIpc) is 2.67. The largest absolute Gasteiger partial charge is 0.310 e. The molecule has 1 nitrogen and oxygen atoms in total. The molecule has 1 fully saturated rings. The molecular formula is C13H18ClN. The molecule has 1 aromatic rings. The molecule has 1 aliphatic rings. The maximum absolute atomic E-state index is 5.99. The van der Waals surface area contributed by atoms with Crippen molar-refractivity contribution in [2.75, 3.05) is 7.05 Å². The van der Waals surface area contributed by atoms with Crippen LogP contribution in [0.15, 0.2) is 18.2 Å². The number of hydrogen-bond acceptors (Lipinski definition) is 1. The second-order valence-electron chi connectivity index (χ2n) is 4.50. The zero-order valence-electron chi connectivity index (χ0n) is 9.44. The van der Waals surface area contributed by atoms with Crippen LogP contribution in [0.5, 0.6) is 0 Å². The van der Waals surface area contributed by atoms with E-state index in [1.54, 1.807) is 0 Å². The maximum Gasteiger partial charge on any atom is 0.0434 e. The highest BCUT2D eigenvalue weighted by molar-refractivity contribution is 6.30. The number of halogens is 1. The van der Waals surface area contributed by atoms with Crippen molar-refractivity contribution in [2.24, 2.45) is 0 Å². The van der Waals surface area contributed by atoms with E-state index >= 15 is 0 Å². The third-order valence-corrected chi connectivity index (χ3v) is 3.87. The van der Waals surface area contributed by atoms with Crippen molar-refractivity contribution in [3.63, 3.8) is 0 Å². The minimum absolute atomic E-state index is 0.203. The van der Waals surface area contributed by atoms with E-state index in [0.29, 0.717) is 0 Å². The summed E-state index contributed by atoms with van der Waals surface area (Å²) in [5.74, 6) is 0.